The summed E-state index contributed by atoms with van der Waals surface area (Å²) in [5.74, 6) is 0.473. The van der Waals surface area contributed by atoms with Crippen molar-refractivity contribution < 1.29 is 19.1 Å². The number of ether oxygens (including phenoxy) is 1. The normalized spacial score (nSPS) is 17.8. The molecule has 1 aromatic carbocycles. The highest BCUT2D eigenvalue weighted by molar-refractivity contribution is 5.76. The topological polar surface area (TPSA) is 72.6 Å². The van der Waals surface area contributed by atoms with Crippen LogP contribution in [0, 0.1) is 5.41 Å². The molecule has 1 aliphatic rings. The van der Waals surface area contributed by atoms with Crippen LogP contribution in [-0.2, 0) is 11.2 Å². The van der Waals surface area contributed by atoms with Crippen molar-refractivity contribution in [2.75, 3.05) is 7.11 Å². The van der Waals surface area contributed by atoms with Gasteiger partial charge in [0.25, 0.3) is 0 Å². The molecule has 1 heterocycles. The standard InChI is InChI=1S/C16H19NO4/c1-20-11-5-6-12-13(9-11)21-14(17-12)10-16(15(18)19)7-3-2-4-8-16/h5-6,9H,2-4,7-8,10H2,1H3,(H,18,19). The zero-order valence-corrected chi connectivity index (χ0v) is 12.1. The minimum atomic E-state index is -0.734. The highest BCUT2D eigenvalue weighted by Gasteiger charge is 2.41. The predicted octanol–water partition coefficient (Wildman–Crippen LogP) is 3.41. The summed E-state index contributed by atoms with van der Waals surface area (Å²) in [6, 6.07) is 5.43. The molecule has 5 nitrogen and oxygen atoms in total. The lowest BCUT2D eigenvalue weighted by Gasteiger charge is -2.31. The van der Waals surface area contributed by atoms with E-state index in [4.69, 9.17) is 9.15 Å². The van der Waals surface area contributed by atoms with E-state index in [1.165, 1.54) is 0 Å². The molecule has 0 aliphatic heterocycles. The third-order valence-corrected chi connectivity index (χ3v) is 4.39. The number of aromatic nitrogens is 1. The van der Waals surface area contributed by atoms with Crippen molar-refractivity contribution in [1.29, 1.82) is 0 Å². The summed E-state index contributed by atoms with van der Waals surface area (Å²) in [6.45, 7) is 0. The van der Waals surface area contributed by atoms with Gasteiger partial charge in [-0.05, 0) is 25.0 Å². The number of nitrogens with zero attached hydrogens (tertiary/aromatic N) is 1. The fourth-order valence-corrected chi connectivity index (χ4v) is 3.14. The molecule has 21 heavy (non-hydrogen) atoms. The van der Waals surface area contributed by atoms with Gasteiger partial charge in [-0.1, -0.05) is 19.3 Å². The summed E-state index contributed by atoms with van der Waals surface area (Å²) in [7, 11) is 1.60. The van der Waals surface area contributed by atoms with E-state index in [0.29, 0.717) is 36.5 Å². The number of aliphatic carboxylic acids is 1. The Morgan fingerprint density at radius 1 is 1.38 bits per heavy atom. The first-order valence-electron chi connectivity index (χ1n) is 7.30. The summed E-state index contributed by atoms with van der Waals surface area (Å²) in [6.07, 6.45) is 4.79. The molecule has 0 atom stereocenters. The molecule has 112 valence electrons. The van der Waals surface area contributed by atoms with Crippen LogP contribution in [0.2, 0.25) is 0 Å². The average molecular weight is 289 g/mol. The summed E-state index contributed by atoms with van der Waals surface area (Å²) in [4.78, 5) is 16.1. The Kier molecular flexibility index (Phi) is 3.57. The summed E-state index contributed by atoms with van der Waals surface area (Å²) < 4.78 is 10.9. The van der Waals surface area contributed by atoms with Gasteiger partial charge in [-0.15, -0.1) is 0 Å². The van der Waals surface area contributed by atoms with Gasteiger partial charge in [0.05, 0.1) is 12.5 Å². The van der Waals surface area contributed by atoms with Crippen LogP contribution in [-0.4, -0.2) is 23.2 Å². The third-order valence-electron chi connectivity index (χ3n) is 4.39. The van der Waals surface area contributed by atoms with Crippen LogP contribution < -0.4 is 4.74 Å². The van der Waals surface area contributed by atoms with Crippen LogP contribution in [0.3, 0.4) is 0 Å². The molecular formula is C16H19NO4. The summed E-state index contributed by atoms with van der Waals surface area (Å²) >= 11 is 0. The van der Waals surface area contributed by atoms with E-state index < -0.39 is 11.4 Å². The number of carboxylic acids is 1. The second kappa shape index (κ2) is 5.39. The smallest absolute Gasteiger partial charge is 0.310 e. The van der Waals surface area contributed by atoms with Crippen molar-refractivity contribution in [2.45, 2.75) is 38.5 Å². The van der Waals surface area contributed by atoms with Gasteiger partial charge in [0.2, 0.25) is 0 Å². The molecule has 3 rings (SSSR count). The fourth-order valence-electron chi connectivity index (χ4n) is 3.14. The number of carboxylic acid groups (broad SMARTS) is 1. The minimum absolute atomic E-state index is 0.360. The maximum Gasteiger partial charge on any atom is 0.310 e. The van der Waals surface area contributed by atoms with Crippen molar-refractivity contribution in [3.8, 4) is 5.75 Å². The number of methoxy groups -OCH3 is 1. The molecular weight excluding hydrogens is 270 g/mol. The van der Waals surface area contributed by atoms with E-state index in [9.17, 15) is 9.90 Å². The number of carbonyl (C=O) groups is 1. The van der Waals surface area contributed by atoms with Crippen LogP contribution in [0.25, 0.3) is 11.1 Å². The van der Waals surface area contributed by atoms with Crippen LogP contribution in [0.15, 0.2) is 22.6 Å². The molecule has 2 aromatic rings. The van der Waals surface area contributed by atoms with Crippen molar-refractivity contribution >= 4 is 17.1 Å². The van der Waals surface area contributed by atoms with Gasteiger partial charge in [-0.2, -0.15) is 0 Å². The molecule has 0 amide bonds. The monoisotopic (exact) mass is 289 g/mol. The highest BCUT2D eigenvalue weighted by Crippen LogP contribution is 2.40. The number of fused-ring (bicyclic) bond motifs is 1. The Labute approximate surface area is 122 Å². The average Bonchev–Trinajstić information content (AvgIpc) is 2.88. The van der Waals surface area contributed by atoms with Gasteiger partial charge in [0, 0.05) is 12.5 Å². The number of benzene rings is 1. The Hall–Kier alpha value is -2.04. The molecule has 1 fully saturated rings. The number of rotatable bonds is 4. The summed E-state index contributed by atoms with van der Waals surface area (Å²) in [5, 5.41) is 9.62. The van der Waals surface area contributed by atoms with Crippen molar-refractivity contribution in [3.63, 3.8) is 0 Å². The lowest BCUT2D eigenvalue weighted by Crippen LogP contribution is -2.35. The fraction of sp³-hybridized carbons (Fsp3) is 0.500. The maximum absolute atomic E-state index is 11.7. The van der Waals surface area contributed by atoms with E-state index in [2.05, 4.69) is 4.98 Å². The molecule has 1 saturated carbocycles. The predicted molar refractivity (Wildman–Crippen MR) is 77.4 cm³/mol. The molecule has 0 radical (unpaired) electrons. The van der Waals surface area contributed by atoms with Crippen molar-refractivity contribution in [2.24, 2.45) is 5.41 Å². The number of oxazole rings is 1. The van der Waals surface area contributed by atoms with Crippen LogP contribution in [0.4, 0.5) is 0 Å². The second-order valence-electron chi connectivity index (χ2n) is 5.76. The lowest BCUT2D eigenvalue weighted by atomic mass is 9.72. The zero-order valence-electron chi connectivity index (χ0n) is 12.1. The Morgan fingerprint density at radius 2 is 2.14 bits per heavy atom. The van der Waals surface area contributed by atoms with E-state index in [-0.39, 0.29) is 0 Å². The first-order chi connectivity index (χ1) is 10.1. The van der Waals surface area contributed by atoms with Crippen molar-refractivity contribution in [1.82, 2.24) is 4.98 Å². The van der Waals surface area contributed by atoms with Gasteiger partial charge >= 0.3 is 5.97 Å². The van der Waals surface area contributed by atoms with Gasteiger partial charge < -0.3 is 14.3 Å². The quantitative estimate of drug-likeness (QED) is 0.933. The summed E-state index contributed by atoms with van der Waals surface area (Å²) in [5.41, 5.74) is 0.659. The SMILES string of the molecule is COc1ccc2nc(CC3(C(=O)O)CCCCC3)oc2c1. The molecule has 1 aromatic heterocycles. The Bertz CT molecular complexity index is 655. The van der Waals surface area contributed by atoms with E-state index in [0.717, 1.165) is 24.8 Å². The van der Waals surface area contributed by atoms with Gasteiger partial charge in [-0.3, -0.25) is 4.79 Å². The molecule has 0 unspecified atom stereocenters. The molecule has 0 saturated heterocycles. The first kappa shape index (κ1) is 13.9. The maximum atomic E-state index is 11.7. The van der Waals surface area contributed by atoms with E-state index >= 15 is 0 Å². The molecule has 0 bridgehead atoms. The molecule has 5 heteroatoms. The third kappa shape index (κ3) is 2.60. The highest BCUT2D eigenvalue weighted by atomic mass is 16.5. The molecule has 1 N–H and O–H groups in total. The molecule has 0 spiro atoms. The van der Waals surface area contributed by atoms with Crippen molar-refractivity contribution in [3.05, 3.63) is 24.1 Å². The van der Waals surface area contributed by atoms with E-state index in [1.807, 2.05) is 12.1 Å². The lowest BCUT2D eigenvalue weighted by molar-refractivity contribution is -0.151. The first-order valence-corrected chi connectivity index (χ1v) is 7.30. The number of hydrogen-bond acceptors (Lipinski definition) is 4. The number of hydrogen-bond donors (Lipinski definition) is 1. The van der Waals surface area contributed by atoms with Gasteiger partial charge in [0.1, 0.15) is 11.3 Å². The molecule has 1 aliphatic carbocycles. The van der Waals surface area contributed by atoms with E-state index in [1.54, 1.807) is 13.2 Å². The van der Waals surface area contributed by atoms with Crippen LogP contribution in [0.5, 0.6) is 5.75 Å². The van der Waals surface area contributed by atoms with Gasteiger partial charge in [-0.25, -0.2) is 4.98 Å². The van der Waals surface area contributed by atoms with Crippen LogP contribution >= 0.6 is 0 Å². The largest absolute Gasteiger partial charge is 0.497 e. The van der Waals surface area contributed by atoms with Crippen LogP contribution in [0.1, 0.15) is 38.0 Å². The second-order valence-corrected chi connectivity index (χ2v) is 5.76. The van der Waals surface area contributed by atoms with Gasteiger partial charge in [0.15, 0.2) is 11.5 Å². The minimum Gasteiger partial charge on any atom is -0.497 e. The Balaban J connectivity index is 1.90. The Morgan fingerprint density at radius 3 is 2.81 bits per heavy atom. The zero-order chi connectivity index (χ0) is 14.9.